The van der Waals surface area contributed by atoms with Gasteiger partial charge in [-0.15, -0.1) is 0 Å². The summed E-state index contributed by atoms with van der Waals surface area (Å²) in [4.78, 5) is 4.09. The van der Waals surface area contributed by atoms with Crippen LogP contribution in [0.25, 0.3) is 0 Å². The number of hydrogen-bond donors (Lipinski definition) is 1. The van der Waals surface area contributed by atoms with E-state index in [4.69, 9.17) is 11.6 Å². The van der Waals surface area contributed by atoms with Gasteiger partial charge in [-0.1, -0.05) is 23.7 Å². The second kappa shape index (κ2) is 5.57. The smallest absolute Gasteiger partial charge is 0.152 e. The SMILES string of the molecule is Cc1cnc(Cl)c(NC(C)c2ccc(C)c(F)c2)c1. The predicted molar refractivity (Wildman–Crippen MR) is 77.2 cm³/mol. The predicted octanol–water partition coefficient (Wildman–Crippen LogP) is 4.66. The van der Waals surface area contributed by atoms with Crippen molar-refractivity contribution in [2.75, 3.05) is 5.32 Å². The number of nitrogens with zero attached hydrogens (tertiary/aromatic N) is 1. The first-order valence-corrected chi connectivity index (χ1v) is 6.50. The average molecular weight is 279 g/mol. The van der Waals surface area contributed by atoms with Crippen LogP contribution in [0, 0.1) is 19.7 Å². The van der Waals surface area contributed by atoms with E-state index < -0.39 is 0 Å². The Kier molecular flexibility index (Phi) is 4.05. The first-order chi connectivity index (χ1) is 8.97. The number of halogens is 2. The van der Waals surface area contributed by atoms with Crippen LogP contribution in [0.4, 0.5) is 10.1 Å². The van der Waals surface area contributed by atoms with E-state index in [0.29, 0.717) is 10.7 Å². The molecule has 0 aliphatic rings. The van der Waals surface area contributed by atoms with Crippen LogP contribution in [0.5, 0.6) is 0 Å². The largest absolute Gasteiger partial charge is 0.376 e. The van der Waals surface area contributed by atoms with Crippen molar-refractivity contribution in [3.63, 3.8) is 0 Å². The maximum Gasteiger partial charge on any atom is 0.152 e. The highest BCUT2D eigenvalue weighted by Crippen LogP contribution is 2.26. The molecule has 2 aromatic rings. The Bertz CT molecular complexity index is 599. The number of anilines is 1. The summed E-state index contributed by atoms with van der Waals surface area (Å²) in [6, 6.07) is 7.11. The highest BCUT2D eigenvalue weighted by atomic mass is 35.5. The van der Waals surface area contributed by atoms with E-state index in [1.165, 1.54) is 0 Å². The van der Waals surface area contributed by atoms with Gasteiger partial charge >= 0.3 is 0 Å². The minimum Gasteiger partial charge on any atom is -0.376 e. The molecule has 0 fully saturated rings. The summed E-state index contributed by atoms with van der Waals surface area (Å²) in [7, 11) is 0. The molecule has 1 N–H and O–H groups in total. The zero-order valence-corrected chi connectivity index (χ0v) is 11.9. The van der Waals surface area contributed by atoms with Crippen LogP contribution in [0.2, 0.25) is 5.15 Å². The van der Waals surface area contributed by atoms with E-state index in [2.05, 4.69) is 10.3 Å². The summed E-state index contributed by atoms with van der Waals surface area (Å²) in [6.45, 7) is 5.66. The van der Waals surface area contributed by atoms with E-state index in [9.17, 15) is 4.39 Å². The molecule has 0 radical (unpaired) electrons. The minimum atomic E-state index is -0.195. The minimum absolute atomic E-state index is 0.0452. The van der Waals surface area contributed by atoms with E-state index in [0.717, 1.165) is 16.8 Å². The maximum absolute atomic E-state index is 13.6. The molecular formula is C15H16ClFN2. The molecule has 1 atom stereocenters. The van der Waals surface area contributed by atoms with Gasteiger partial charge in [-0.25, -0.2) is 9.37 Å². The van der Waals surface area contributed by atoms with Crippen molar-refractivity contribution in [1.29, 1.82) is 0 Å². The van der Waals surface area contributed by atoms with Crippen LogP contribution in [-0.4, -0.2) is 4.98 Å². The monoisotopic (exact) mass is 278 g/mol. The summed E-state index contributed by atoms with van der Waals surface area (Å²) >= 11 is 6.04. The Morgan fingerprint density at radius 3 is 2.68 bits per heavy atom. The van der Waals surface area contributed by atoms with Gasteiger partial charge in [0.25, 0.3) is 0 Å². The molecule has 2 nitrogen and oxygen atoms in total. The average Bonchev–Trinajstić information content (AvgIpc) is 2.37. The number of nitrogens with one attached hydrogen (secondary N) is 1. The van der Waals surface area contributed by atoms with Gasteiger partial charge in [-0.3, -0.25) is 0 Å². The topological polar surface area (TPSA) is 24.9 Å². The summed E-state index contributed by atoms with van der Waals surface area (Å²) in [5, 5.41) is 3.67. The molecule has 1 unspecified atom stereocenters. The van der Waals surface area contributed by atoms with Crippen LogP contribution in [0.15, 0.2) is 30.5 Å². The molecular weight excluding hydrogens is 263 g/mol. The van der Waals surface area contributed by atoms with Crippen molar-refractivity contribution in [1.82, 2.24) is 4.98 Å². The summed E-state index contributed by atoms with van der Waals surface area (Å²) in [5.41, 5.74) is 3.30. The van der Waals surface area contributed by atoms with Crippen LogP contribution < -0.4 is 5.32 Å². The lowest BCUT2D eigenvalue weighted by Gasteiger charge is -2.17. The van der Waals surface area contributed by atoms with Crippen LogP contribution in [0.1, 0.15) is 29.7 Å². The molecule has 19 heavy (non-hydrogen) atoms. The number of aryl methyl sites for hydroxylation is 2. The molecule has 0 amide bonds. The van der Waals surface area contributed by atoms with E-state index in [-0.39, 0.29) is 11.9 Å². The fourth-order valence-electron chi connectivity index (χ4n) is 1.85. The zero-order chi connectivity index (χ0) is 14.0. The lowest BCUT2D eigenvalue weighted by atomic mass is 10.1. The van der Waals surface area contributed by atoms with Crippen molar-refractivity contribution in [2.24, 2.45) is 0 Å². The van der Waals surface area contributed by atoms with Crippen molar-refractivity contribution >= 4 is 17.3 Å². The van der Waals surface area contributed by atoms with Gasteiger partial charge in [0.2, 0.25) is 0 Å². The molecule has 0 spiro atoms. The van der Waals surface area contributed by atoms with Crippen molar-refractivity contribution in [3.8, 4) is 0 Å². The Hall–Kier alpha value is -1.61. The van der Waals surface area contributed by atoms with Gasteiger partial charge in [0.1, 0.15) is 5.82 Å². The molecule has 0 bridgehead atoms. The Labute approximate surface area is 117 Å². The summed E-state index contributed by atoms with van der Waals surface area (Å²) < 4.78 is 13.6. The van der Waals surface area contributed by atoms with Gasteiger partial charge in [0.15, 0.2) is 5.15 Å². The van der Waals surface area contributed by atoms with Gasteiger partial charge in [-0.05, 0) is 49.6 Å². The first kappa shape index (κ1) is 13.8. The normalized spacial score (nSPS) is 12.3. The van der Waals surface area contributed by atoms with E-state index >= 15 is 0 Å². The summed E-state index contributed by atoms with van der Waals surface area (Å²) in [6.07, 6.45) is 1.71. The third-order valence-corrected chi connectivity index (χ3v) is 3.34. The Morgan fingerprint density at radius 2 is 2.00 bits per heavy atom. The van der Waals surface area contributed by atoms with Crippen LogP contribution in [-0.2, 0) is 0 Å². The van der Waals surface area contributed by atoms with Crippen molar-refractivity contribution in [2.45, 2.75) is 26.8 Å². The molecule has 100 valence electrons. The van der Waals surface area contributed by atoms with Gasteiger partial charge < -0.3 is 5.32 Å². The fourth-order valence-corrected chi connectivity index (χ4v) is 2.01. The molecule has 0 aliphatic carbocycles. The Balaban J connectivity index is 2.22. The highest BCUT2D eigenvalue weighted by Gasteiger charge is 2.10. The summed E-state index contributed by atoms with van der Waals surface area (Å²) in [5.74, 6) is -0.195. The maximum atomic E-state index is 13.6. The second-order valence-corrected chi connectivity index (χ2v) is 5.08. The molecule has 0 aliphatic heterocycles. The van der Waals surface area contributed by atoms with Crippen LogP contribution in [0.3, 0.4) is 0 Å². The lowest BCUT2D eigenvalue weighted by molar-refractivity contribution is 0.614. The third kappa shape index (κ3) is 3.24. The van der Waals surface area contributed by atoms with Crippen molar-refractivity contribution < 1.29 is 4.39 Å². The third-order valence-electron chi connectivity index (χ3n) is 3.04. The van der Waals surface area contributed by atoms with Gasteiger partial charge in [0.05, 0.1) is 5.69 Å². The number of benzene rings is 1. The number of aromatic nitrogens is 1. The molecule has 1 aromatic heterocycles. The van der Waals surface area contributed by atoms with Crippen LogP contribution >= 0.6 is 11.6 Å². The number of hydrogen-bond acceptors (Lipinski definition) is 2. The van der Waals surface area contributed by atoms with Gasteiger partial charge in [-0.2, -0.15) is 0 Å². The fraction of sp³-hybridized carbons (Fsp3) is 0.267. The standard InChI is InChI=1S/C15H16ClFN2/c1-9-6-14(15(16)18-8-9)19-11(3)12-5-4-10(2)13(17)7-12/h4-8,11,19H,1-3H3. The number of pyridine rings is 1. The molecule has 0 saturated heterocycles. The lowest BCUT2D eigenvalue weighted by Crippen LogP contribution is -2.08. The Morgan fingerprint density at radius 1 is 1.26 bits per heavy atom. The van der Waals surface area contributed by atoms with E-state index in [1.807, 2.05) is 26.0 Å². The highest BCUT2D eigenvalue weighted by molar-refractivity contribution is 6.31. The zero-order valence-electron chi connectivity index (χ0n) is 11.2. The molecule has 2 rings (SSSR count). The molecule has 0 saturated carbocycles. The number of rotatable bonds is 3. The molecule has 4 heteroatoms. The van der Waals surface area contributed by atoms with Crippen molar-refractivity contribution in [3.05, 3.63) is 58.1 Å². The van der Waals surface area contributed by atoms with E-state index in [1.54, 1.807) is 25.3 Å². The molecule has 1 heterocycles. The molecule has 1 aromatic carbocycles. The second-order valence-electron chi connectivity index (χ2n) is 4.73. The quantitative estimate of drug-likeness (QED) is 0.826. The van der Waals surface area contributed by atoms with Gasteiger partial charge in [0, 0.05) is 12.2 Å². The first-order valence-electron chi connectivity index (χ1n) is 6.12.